The molecule has 1 N–H and O–H groups in total. The van der Waals surface area contributed by atoms with Crippen LogP contribution in [0.2, 0.25) is 0 Å². The SMILES string of the molecule is O=C(NC1CCN(C(=O)CN2C(=O)c3ccccc3C2=O)CC1)c1ccco1. The maximum Gasteiger partial charge on any atom is 0.287 e. The first-order valence-corrected chi connectivity index (χ1v) is 9.12. The topological polar surface area (TPSA) is 99.9 Å². The molecular weight excluding hydrogens is 362 g/mol. The third-order valence-corrected chi connectivity index (χ3v) is 5.10. The Kier molecular flexibility index (Phi) is 4.68. The smallest absolute Gasteiger partial charge is 0.287 e. The number of piperidine rings is 1. The Hall–Kier alpha value is -3.42. The van der Waals surface area contributed by atoms with E-state index in [1.165, 1.54) is 6.26 Å². The summed E-state index contributed by atoms with van der Waals surface area (Å²) in [7, 11) is 0. The van der Waals surface area contributed by atoms with Crippen LogP contribution in [-0.4, -0.2) is 59.1 Å². The van der Waals surface area contributed by atoms with E-state index in [4.69, 9.17) is 4.42 Å². The number of amides is 4. The molecular formula is C20H19N3O5. The molecule has 1 aromatic carbocycles. The molecule has 0 saturated carbocycles. The molecule has 28 heavy (non-hydrogen) atoms. The molecule has 3 heterocycles. The molecule has 8 heteroatoms. The number of hydrogen-bond acceptors (Lipinski definition) is 5. The summed E-state index contributed by atoms with van der Waals surface area (Å²) >= 11 is 0. The molecule has 0 aliphatic carbocycles. The van der Waals surface area contributed by atoms with E-state index in [1.807, 2.05) is 0 Å². The van der Waals surface area contributed by atoms with Crippen molar-refractivity contribution in [3.63, 3.8) is 0 Å². The second-order valence-electron chi connectivity index (χ2n) is 6.85. The van der Waals surface area contributed by atoms with Crippen LogP contribution in [-0.2, 0) is 4.79 Å². The molecule has 0 spiro atoms. The van der Waals surface area contributed by atoms with Gasteiger partial charge in [0.05, 0.1) is 17.4 Å². The first-order valence-electron chi connectivity index (χ1n) is 9.12. The monoisotopic (exact) mass is 381 g/mol. The highest BCUT2D eigenvalue weighted by atomic mass is 16.3. The second kappa shape index (κ2) is 7.30. The Morgan fingerprint density at radius 2 is 1.64 bits per heavy atom. The summed E-state index contributed by atoms with van der Waals surface area (Å²) in [4.78, 5) is 52.0. The van der Waals surface area contributed by atoms with Crippen LogP contribution in [0.25, 0.3) is 0 Å². The van der Waals surface area contributed by atoms with Crippen LogP contribution < -0.4 is 5.32 Å². The molecule has 0 radical (unpaired) electrons. The molecule has 0 unspecified atom stereocenters. The van der Waals surface area contributed by atoms with E-state index in [0.29, 0.717) is 37.1 Å². The van der Waals surface area contributed by atoms with Gasteiger partial charge in [0.2, 0.25) is 5.91 Å². The summed E-state index contributed by atoms with van der Waals surface area (Å²) in [5.41, 5.74) is 0.666. The lowest BCUT2D eigenvalue weighted by Gasteiger charge is -2.33. The van der Waals surface area contributed by atoms with Crippen LogP contribution in [0, 0.1) is 0 Å². The van der Waals surface area contributed by atoms with Crippen molar-refractivity contribution in [1.82, 2.24) is 15.1 Å². The summed E-state index contributed by atoms with van der Waals surface area (Å²) < 4.78 is 5.07. The number of benzene rings is 1. The molecule has 0 bridgehead atoms. The van der Waals surface area contributed by atoms with Gasteiger partial charge in [0.15, 0.2) is 5.76 Å². The summed E-state index contributed by atoms with van der Waals surface area (Å²) in [5, 5.41) is 2.89. The normalized spacial score (nSPS) is 17.0. The minimum atomic E-state index is -0.436. The fourth-order valence-electron chi connectivity index (χ4n) is 3.56. The predicted molar refractivity (Wildman–Crippen MR) is 97.6 cm³/mol. The molecule has 2 aliphatic rings. The Balaban J connectivity index is 1.31. The van der Waals surface area contributed by atoms with Crippen molar-refractivity contribution in [2.24, 2.45) is 0 Å². The molecule has 144 valence electrons. The van der Waals surface area contributed by atoms with Gasteiger partial charge in [0.1, 0.15) is 6.54 Å². The number of nitrogens with one attached hydrogen (secondary N) is 1. The van der Waals surface area contributed by atoms with E-state index in [9.17, 15) is 19.2 Å². The summed E-state index contributed by atoms with van der Waals surface area (Å²) in [6.07, 6.45) is 2.63. The molecule has 8 nitrogen and oxygen atoms in total. The van der Waals surface area contributed by atoms with Gasteiger partial charge in [0.25, 0.3) is 17.7 Å². The lowest BCUT2D eigenvalue weighted by molar-refractivity contribution is -0.132. The van der Waals surface area contributed by atoms with Crippen molar-refractivity contribution < 1.29 is 23.6 Å². The average Bonchev–Trinajstić information content (AvgIpc) is 3.33. The second-order valence-corrected chi connectivity index (χ2v) is 6.85. The van der Waals surface area contributed by atoms with E-state index < -0.39 is 11.8 Å². The highest BCUT2D eigenvalue weighted by molar-refractivity contribution is 6.22. The van der Waals surface area contributed by atoms with Gasteiger partial charge in [-0.15, -0.1) is 0 Å². The Morgan fingerprint density at radius 1 is 1.00 bits per heavy atom. The average molecular weight is 381 g/mol. The lowest BCUT2D eigenvalue weighted by Crippen LogP contribution is -2.49. The molecule has 1 saturated heterocycles. The first-order chi connectivity index (χ1) is 13.5. The quantitative estimate of drug-likeness (QED) is 0.805. The summed E-state index contributed by atoms with van der Waals surface area (Å²) in [6, 6.07) is 9.75. The van der Waals surface area contributed by atoms with Crippen molar-refractivity contribution in [2.45, 2.75) is 18.9 Å². The van der Waals surface area contributed by atoms with E-state index in [0.717, 1.165) is 4.90 Å². The van der Waals surface area contributed by atoms with Gasteiger partial charge >= 0.3 is 0 Å². The Bertz CT molecular complexity index is 894. The number of fused-ring (bicyclic) bond motifs is 1. The van der Waals surface area contributed by atoms with Crippen LogP contribution in [0.1, 0.15) is 44.1 Å². The van der Waals surface area contributed by atoms with Crippen molar-refractivity contribution in [3.8, 4) is 0 Å². The number of imide groups is 1. The van der Waals surface area contributed by atoms with Crippen LogP contribution in [0.3, 0.4) is 0 Å². The van der Waals surface area contributed by atoms with Crippen molar-refractivity contribution in [3.05, 3.63) is 59.5 Å². The number of nitrogens with zero attached hydrogens (tertiary/aromatic N) is 2. The van der Waals surface area contributed by atoms with E-state index >= 15 is 0 Å². The number of carbonyl (C=O) groups is 4. The molecule has 4 amide bonds. The predicted octanol–water partition coefficient (Wildman–Crippen LogP) is 1.30. The maximum atomic E-state index is 12.6. The summed E-state index contributed by atoms with van der Waals surface area (Å²) in [6.45, 7) is 0.631. The fourth-order valence-corrected chi connectivity index (χ4v) is 3.56. The van der Waals surface area contributed by atoms with Crippen LogP contribution in [0.4, 0.5) is 0 Å². The highest BCUT2D eigenvalue weighted by Crippen LogP contribution is 2.22. The van der Waals surface area contributed by atoms with Gasteiger partial charge in [-0.2, -0.15) is 0 Å². The van der Waals surface area contributed by atoms with Gasteiger partial charge < -0.3 is 14.6 Å². The number of furan rings is 1. The molecule has 0 atom stereocenters. The fraction of sp³-hybridized carbons (Fsp3) is 0.300. The van der Waals surface area contributed by atoms with Crippen LogP contribution >= 0.6 is 0 Å². The van der Waals surface area contributed by atoms with Gasteiger partial charge in [0, 0.05) is 19.1 Å². The molecule has 1 aromatic heterocycles. The molecule has 2 aromatic rings. The number of carbonyl (C=O) groups excluding carboxylic acids is 4. The van der Waals surface area contributed by atoms with Crippen LogP contribution in [0.5, 0.6) is 0 Å². The van der Waals surface area contributed by atoms with E-state index in [1.54, 1.807) is 41.3 Å². The third kappa shape index (κ3) is 3.28. The van der Waals surface area contributed by atoms with E-state index in [2.05, 4.69) is 5.32 Å². The molecule has 4 rings (SSSR count). The largest absolute Gasteiger partial charge is 0.459 e. The Morgan fingerprint density at radius 3 is 2.21 bits per heavy atom. The number of hydrogen-bond donors (Lipinski definition) is 1. The minimum Gasteiger partial charge on any atom is -0.459 e. The maximum absolute atomic E-state index is 12.6. The van der Waals surface area contributed by atoms with Gasteiger partial charge in [-0.3, -0.25) is 24.1 Å². The molecule has 1 fully saturated rings. The standard InChI is InChI=1S/C20H19N3O5/c24-17(12-23-19(26)14-4-1-2-5-15(14)20(23)27)22-9-7-13(8-10-22)21-18(25)16-6-3-11-28-16/h1-6,11,13H,7-10,12H2,(H,21,25). The summed E-state index contributed by atoms with van der Waals surface area (Å²) in [5.74, 6) is -1.17. The highest BCUT2D eigenvalue weighted by Gasteiger charge is 2.37. The van der Waals surface area contributed by atoms with Crippen molar-refractivity contribution in [1.29, 1.82) is 0 Å². The van der Waals surface area contributed by atoms with Crippen molar-refractivity contribution >= 4 is 23.6 Å². The minimum absolute atomic E-state index is 0.0547. The zero-order valence-corrected chi connectivity index (χ0v) is 15.1. The number of rotatable bonds is 4. The lowest BCUT2D eigenvalue weighted by atomic mass is 10.0. The third-order valence-electron chi connectivity index (χ3n) is 5.10. The first kappa shape index (κ1) is 18.0. The van der Waals surface area contributed by atoms with Crippen LogP contribution in [0.15, 0.2) is 47.1 Å². The zero-order chi connectivity index (χ0) is 19.7. The van der Waals surface area contributed by atoms with Gasteiger partial charge in [-0.1, -0.05) is 12.1 Å². The van der Waals surface area contributed by atoms with Gasteiger partial charge in [-0.25, -0.2) is 0 Å². The van der Waals surface area contributed by atoms with Gasteiger partial charge in [-0.05, 0) is 37.1 Å². The molecule has 2 aliphatic heterocycles. The van der Waals surface area contributed by atoms with E-state index in [-0.39, 0.29) is 30.2 Å². The van der Waals surface area contributed by atoms with Crippen molar-refractivity contribution in [2.75, 3.05) is 19.6 Å². The number of likely N-dealkylation sites (tertiary alicyclic amines) is 1. The Labute approximate surface area is 161 Å². The zero-order valence-electron chi connectivity index (χ0n) is 15.1.